The van der Waals surface area contributed by atoms with Crippen LogP contribution in [0.25, 0.3) is 0 Å². The van der Waals surface area contributed by atoms with Gasteiger partial charge in [0.2, 0.25) is 5.91 Å². The number of hydrogen-bond acceptors (Lipinski definition) is 3. The van der Waals surface area contributed by atoms with Crippen LogP contribution >= 0.6 is 0 Å². The lowest BCUT2D eigenvalue weighted by atomic mass is 10.1. The van der Waals surface area contributed by atoms with Crippen molar-refractivity contribution < 1.29 is 14.3 Å². The smallest absolute Gasteiger partial charge is 0.223 e. The predicted molar refractivity (Wildman–Crippen MR) is 66.7 cm³/mol. The van der Waals surface area contributed by atoms with Gasteiger partial charge in [-0.1, -0.05) is 0 Å². The van der Waals surface area contributed by atoms with Gasteiger partial charge in [-0.25, -0.2) is 0 Å². The Labute approximate surface area is 106 Å². The van der Waals surface area contributed by atoms with Crippen molar-refractivity contribution in [3.8, 4) is 11.5 Å². The first-order valence-electron chi connectivity index (χ1n) is 6.41. The molecule has 1 fully saturated rings. The van der Waals surface area contributed by atoms with Crippen LogP contribution in [0.5, 0.6) is 11.5 Å². The van der Waals surface area contributed by atoms with Crippen LogP contribution in [0.1, 0.15) is 24.0 Å². The fourth-order valence-corrected chi connectivity index (χ4v) is 2.10. The van der Waals surface area contributed by atoms with Crippen molar-refractivity contribution in [3.63, 3.8) is 0 Å². The van der Waals surface area contributed by atoms with E-state index in [-0.39, 0.29) is 11.8 Å². The number of aryl methyl sites for hydroxylation is 1. The standard InChI is InChI=1S/C14H17NO3/c1-9-6-12-13(18-5-4-17-12)7-11(9)8-15-14(16)10-2-3-10/h6-7,10H,2-5,8H2,1H3,(H,15,16). The van der Waals surface area contributed by atoms with E-state index in [0.717, 1.165) is 35.5 Å². The molecule has 0 spiro atoms. The molecule has 1 N–H and O–H groups in total. The van der Waals surface area contributed by atoms with Crippen molar-refractivity contribution in [1.82, 2.24) is 5.32 Å². The van der Waals surface area contributed by atoms with Crippen LogP contribution in [0.4, 0.5) is 0 Å². The van der Waals surface area contributed by atoms with Crippen LogP contribution in [0.15, 0.2) is 12.1 Å². The molecule has 2 aliphatic rings. The van der Waals surface area contributed by atoms with Gasteiger partial charge in [0.25, 0.3) is 0 Å². The Bertz CT molecular complexity index is 480. The molecule has 1 saturated carbocycles. The minimum atomic E-state index is 0.171. The van der Waals surface area contributed by atoms with E-state index in [1.165, 1.54) is 0 Å². The summed E-state index contributed by atoms with van der Waals surface area (Å²) in [4.78, 5) is 11.6. The summed E-state index contributed by atoms with van der Waals surface area (Å²) in [6.45, 7) is 3.78. The molecule has 1 aromatic carbocycles. The highest BCUT2D eigenvalue weighted by Crippen LogP contribution is 2.33. The van der Waals surface area contributed by atoms with Gasteiger partial charge in [0.1, 0.15) is 13.2 Å². The second-order valence-corrected chi connectivity index (χ2v) is 4.91. The van der Waals surface area contributed by atoms with E-state index in [1.807, 2.05) is 19.1 Å². The van der Waals surface area contributed by atoms with E-state index in [4.69, 9.17) is 9.47 Å². The number of hydrogen-bond donors (Lipinski definition) is 1. The zero-order valence-electron chi connectivity index (χ0n) is 10.5. The van der Waals surface area contributed by atoms with Crippen LogP contribution in [0.2, 0.25) is 0 Å². The van der Waals surface area contributed by atoms with Gasteiger partial charge in [0.15, 0.2) is 11.5 Å². The molecule has 0 bridgehead atoms. The summed E-state index contributed by atoms with van der Waals surface area (Å²) in [5.74, 6) is 2.00. The first kappa shape index (κ1) is 11.4. The van der Waals surface area contributed by atoms with Crippen molar-refractivity contribution >= 4 is 5.91 Å². The van der Waals surface area contributed by atoms with Crippen LogP contribution < -0.4 is 14.8 Å². The molecule has 0 saturated heterocycles. The lowest BCUT2D eigenvalue weighted by molar-refractivity contribution is -0.122. The van der Waals surface area contributed by atoms with Gasteiger partial charge in [-0.15, -0.1) is 0 Å². The quantitative estimate of drug-likeness (QED) is 0.886. The largest absolute Gasteiger partial charge is 0.486 e. The molecule has 0 radical (unpaired) electrons. The number of nitrogens with one attached hydrogen (secondary N) is 1. The fourth-order valence-electron chi connectivity index (χ4n) is 2.10. The average Bonchev–Trinajstić information content (AvgIpc) is 3.20. The van der Waals surface area contributed by atoms with Gasteiger partial charge >= 0.3 is 0 Å². The number of amides is 1. The first-order chi connectivity index (χ1) is 8.74. The first-order valence-corrected chi connectivity index (χ1v) is 6.41. The second kappa shape index (κ2) is 4.52. The Hall–Kier alpha value is -1.71. The Morgan fingerprint density at radius 1 is 1.28 bits per heavy atom. The maximum Gasteiger partial charge on any atom is 0.223 e. The lowest BCUT2D eigenvalue weighted by Crippen LogP contribution is -2.24. The molecule has 4 nitrogen and oxygen atoms in total. The Morgan fingerprint density at radius 3 is 2.61 bits per heavy atom. The van der Waals surface area contributed by atoms with E-state index in [1.54, 1.807) is 0 Å². The van der Waals surface area contributed by atoms with Crippen LogP contribution in [-0.2, 0) is 11.3 Å². The van der Waals surface area contributed by atoms with E-state index < -0.39 is 0 Å². The van der Waals surface area contributed by atoms with Crippen molar-refractivity contribution in [1.29, 1.82) is 0 Å². The maximum absolute atomic E-state index is 11.6. The number of fused-ring (bicyclic) bond motifs is 1. The summed E-state index contributed by atoms with van der Waals surface area (Å²) in [5, 5.41) is 2.97. The highest BCUT2D eigenvalue weighted by molar-refractivity contribution is 5.80. The van der Waals surface area contributed by atoms with E-state index in [0.29, 0.717) is 19.8 Å². The zero-order valence-corrected chi connectivity index (χ0v) is 10.5. The zero-order chi connectivity index (χ0) is 12.5. The summed E-state index contributed by atoms with van der Waals surface area (Å²) < 4.78 is 11.1. The second-order valence-electron chi connectivity index (χ2n) is 4.91. The lowest BCUT2D eigenvalue weighted by Gasteiger charge is -2.20. The molecule has 18 heavy (non-hydrogen) atoms. The molecular formula is C14H17NO3. The minimum Gasteiger partial charge on any atom is -0.486 e. The molecule has 4 heteroatoms. The van der Waals surface area contributed by atoms with Crippen molar-refractivity contribution in [2.45, 2.75) is 26.3 Å². The minimum absolute atomic E-state index is 0.171. The molecule has 1 amide bonds. The third-order valence-corrected chi connectivity index (χ3v) is 3.40. The Balaban J connectivity index is 1.72. The number of carbonyl (C=O) groups is 1. The van der Waals surface area contributed by atoms with Gasteiger partial charge in [-0.2, -0.15) is 0 Å². The number of ether oxygens (including phenoxy) is 2. The summed E-state index contributed by atoms with van der Waals surface area (Å²) in [5.41, 5.74) is 2.21. The van der Waals surface area contributed by atoms with Crippen LogP contribution in [0, 0.1) is 12.8 Å². The van der Waals surface area contributed by atoms with Crippen molar-refractivity contribution in [2.24, 2.45) is 5.92 Å². The van der Waals surface area contributed by atoms with Crippen LogP contribution in [-0.4, -0.2) is 19.1 Å². The number of carbonyl (C=O) groups excluding carboxylic acids is 1. The number of rotatable bonds is 3. The summed E-state index contributed by atoms with van der Waals surface area (Å²) >= 11 is 0. The molecular weight excluding hydrogens is 230 g/mol. The topological polar surface area (TPSA) is 47.6 Å². The summed E-state index contributed by atoms with van der Waals surface area (Å²) in [7, 11) is 0. The van der Waals surface area contributed by atoms with Gasteiger partial charge in [-0.05, 0) is 43.0 Å². The van der Waals surface area contributed by atoms with Crippen molar-refractivity contribution in [2.75, 3.05) is 13.2 Å². The summed E-state index contributed by atoms with van der Waals surface area (Å²) in [6.07, 6.45) is 2.07. The fraction of sp³-hybridized carbons (Fsp3) is 0.500. The average molecular weight is 247 g/mol. The van der Waals surface area contributed by atoms with E-state index in [2.05, 4.69) is 5.32 Å². The molecule has 1 aliphatic carbocycles. The normalized spacial score (nSPS) is 17.4. The molecule has 1 aromatic rings. The van der Waals surface area contributed by atoms with Gasteiger partial charge in [-0.3, -0.25) is 4.79 Å². The van der Waals surface area contributed by atoms with Gasteiger partial charge in [0.05, 0.1) is 0 Å². The van der Waals surface area contributed by atoms with Gasteiger partial charge < -0.3 is 14.8 Å². The molecule has 3 rings (SSSR count). The predicted octanol–water partition coefficient (Wildman–Crippen LogP) is 1.79. The number of benzene rings is 1. The maximum atomic E-state index is 11.6. The highest BCUT2D eigenvalue weighted by atomic mass is 16.6. The van der Waals surface area contributed by atoms with E-state index >= 15 is 0 Å². The monoisotopic (exact) mass is 247 g/mol. The Kier molecular flexibility index (Phi) is 2.86. The Morgan fingerprint density at radius 2 is 1.94 bits per heavy atom. The summed E-state index contributed by atoms with van der Waals surface area (Å²) in [6, 6.07) is 3.95. The molecule has 1 heterocycles. The third kappa shape index (κ3) is 2.28. The van der Waals surface area contributed by atoms with E-state index in [9.17, 15) is 4.79 Å². The van der Waals surface area contributed by atoms with Gasteiger partial charge in [0, 0.05) is 12.5 Å². The van der Waals surface area contributed by atoms with Crippen molar-refractivity contribution in [3.05, 3.63) is 23.3 Å². The molecule has 1 aliphatic heterocycles. The molecule has 0 unspecified atom stereocenters. The molecule has 0 atom stereocenters. The molecule has 0 aromatic heterocycles. The third-order valence-electron chi connectivity index (χ3n) is 3.40. The molecule has 96 valence electrons. The highest BCUT2D eigenvalue weighted by Gasteiger charge is 2.29. The SMILES string of the molecule is Cc1cc2c(cc1CNC(=O)C1CC1)OCCO2. The van der Waals surface area contributed by atoms with Crippen LogP contribution in [0.3, 0.4) is 0 Å².